The van der Waals surface area contributed by atoms with Gasteiger partial charge in [-0.15, -0.1) is 0 Å². The van der Waals surface area contributed by atoms with Crippen molar-refractivity contribution in [2.45, 2.75) is 38.6 Å². The molecule has 1 saturated heterocycles. The molecule has 94 valence electrons. The molecular weight excluding hydrogens is 210 g/mol. The summed E-state index contributed by atoms with van der Waals surface area (Å²) < 4.78 is 5.37. The summed E-state index contributed by atoms with van der Waals surface area (Å²) in [6, 6.07) is 6.82. The van der Waals surface area contributed by atoms with Crippen molar-refractivity contribution >= 4 is 0 Å². The van der Waals surface area contributed by atoms with Crippen LogP contribution in [0.5, 0.6) is 0 Å². The summed E-state index contributed by atoms with van der Waals surface area (Å²) in [5.41, 5.74) is 4.38. The molecule has 1 fully saturated rings. The van der Waals surface area contributed by atoms with Crippen LogP contribution in [0.15, 0.2) is 18.2 Å². The molecular formula is C15H23NO. The second-order valence-corrected chi connectivity index (χ2v) is 6.10. The van der Waals surface area contributed by atoms with Gasteiger partial charge in [0.2, 0.25) is 0 Å². The fourth-order valence-electron chi connectivity index (χ4n) is 2.41. The molecule has 0 amide bonds. The average Bonchev–Trinajstić information content (AvgIpc) is 2.17. The Labute approximate surface area is 104 Å². The molecule has 0 radical (unpaired) electrons. The van der Waals surface area contributed by atoms with E-state index in [0.29, 0.717) is 0 Å². The van der Waals surface area contributed by atoms with E-state index in [4.69, 9.17) is 4.74 Å². The van der Waals surface area contributed by atoms with Crippen LogP contribution in [0.3, 0.4) is 0 Å². The van der Waals surface area contributed by atoms with Gasteiger partial charge >= 0.3 is 0 Å². The molecule has 1 aromatic rings. The van der Waals surface area contributed by atoms with E-state index >= 15 is 0 Å². The van der Waals surface area contributed by atoms with Gasteiger partial charge in [-0.25, -0.2) is 0 Å². The Kier molecular flexibility index (Phi) is 3.04. The van der Waals surface area contributed by atoms with Crippen molar-refractivity contribution in [2.24, 2.45) is 0 Å². The molecule has 0 saturated carbocycles. The second kappa shape index (κ2) is 4.11. The summed E-state index contributed by atoms with van der Waals surface area (Å²) in [6.07, 6.45) is 0. The van der Waals surface area contributed by atoms with Crippen molar-refractivity contribution in [1.29, 1.82) is 0 Å². The maximum absolute atomic E-state index is 5.37. The number of nitrogens with one attached hydrogen (secondary N) is 1. The van der Waals surface area contributed by atoms with Crippen LogP contribution in [0.4, 0.5) is 0 Å². The highest BCUT2D eigenvalue weighted by atomic mass is 16.5. The van der Waals surface area contributed by atoms with Gasteiger partial charge in [-0.05, 0) is 36.1 Å². The van der Waals surface area contributed by atoms with E-state index in [1.54, 1.807) is 0 Å². The highest BCUT2D eigenvalue weighted by molar-refractivity contribution is 5.39. The maximum atomic E-state index is 5.37. The van der Waals surface area contributed by atoms with Crippen molar-refractivity contribution in [3.05, 3.63) is 34.9 Å². The molecule has 0 bridgehead atoms. The van der Waals surface area contributed by atoms with Crippen molar-refractivity contribution in [1.82, 2.24) is 5.32 Å². The third kappa shape index (κ3) is 2.12. The number of ether oxygens (including phenoxy) is 1. The smallest absolute Gasteiger partial charge is 0.0908 e. The zero-order valence-corrected chi connectivity index (χ0v) is 11.6. The van der Waals surface area contributed by atoms with E-state index in [-0.39, 0.29) is 11.0 Å². The van der Waals surface area contributed by atoms with Gasteiger partial charge in [0.1, 0.15) is 0 Å². The van der Waals surface area contributed by atoms with Gasteiger partial charge in [-0.3, -0.25) is 0 Å². The third-order valence-electron chi connectivity index (χ3n) is 3.78. The Balaban J connectivity index is 2.38. The fourth-order valence-corrected chi connectivity index (χ4v) is 2.41. The molecule has 2 rings (SSSR count). The van der Waals surface area contributed by atoms with E-state index in [1.807, 2.05) is 7.05 Å². The Morgan fingerprint density at radius 3 is 2.24 bits per heavy atom. The first-order valence-corrected chi connectivity index (χ1v) is 6.27. The topological polar surface area (TPSA) is 21.3 Å². The molecule has 17 heavy (non-hydrogen) atoms. The van der Waals surface area contributed by atoms with Crippen LogP contribution in [-0.4, -0.2) is 20.3 Å². The number of likely N-dealkylation sites (N-methyl/N-ethyl adjacent to an activating group) is 1. The Morgan fingerprint density at radius 1 is 1.24 bits per heavy atom. The minimum Gasteiger partial charge on any atom is -0.377 e. The van der Waals surface area contributed by atoms with Gasteiger partial charge in [0.15, 0.2) is 0 Å². The quantitative estimate of drug-likeness (QED) is 0.848. The molecule has 0 spiro atoms. The molecule has 1 aliphatic heterocycles. The molecule has 2 nitrogen and oxygen atoms in total. The molecule has 1 heterocycles. The minimum absolute atomic E-state index is 0.0422. The van der Waals surface area contributed by atoms with Crippen LogP contribution in [0.25, 0.3) is 0 Å². The van der Waals surface area contributed by atoms with Crippen LogP contribution in [0.2, 0.25) is 0 Å². The fraction of sp³-hybridized carbons (Fsp3) is 0.600. The number of aryl methyl sites for hydroxylation is 1. The number of hydrogen-bond donors (Lipinski definition) is 1. The Bertz CT molecular complexity index is 408. The molecule has 1 aliphatic rings. The van der Waals surface area contributed by atoms with Crippen molar-refractivity contribution in [3.8, 4) is 0 Å². The summed E-state index contributed by atoms with van der Waals surface area (Å²) >= 11 is 0. The van der Waals surface area contributed by atoms with Crippen molar-refractivity contribution < 1.29 is 4.74 Å². The van der Waals surface area contributed by atoms with Crippen LogP contribution in [0.1, 0.15) is 37.5 Å². The molecule has 1 N–H and O–H groups in total. The van der Waals surface area contributed by atoms with Crippen molar-refractivity contribution in [2.75, 3.05) is 20.3 Å². The molecule has 1 aromatic carbocycles. The van der Waals surface area contributed by atoms with Gasteiger partial charge in [0, 0.05) is 0 Å². The van der Waals surface area contributed by atoms with Gasteiger partial charge in [0.05, 0.1) is 18.8 Å². The van der Waals surface area contributed by atoms with E-state index in [0.717, 1.165) is 13.2 Å². The van der Waals surface area contributed by atoms with Gasteiger partial charge in [-0.1, -0.05) is 39.0 Å². The van der Waals surface area contributed by atoms with Gasteiger partial charge in [-0.2, -0.15) is 0 Å². The van der Waals surface area contributed by atoms with Crippen LogP contribution in [-0.2, 0) is 15.7 Å². The molecule has 0 unspecified atom stereocenters. The second-order valence-electron chi connectivity index (χ2n) is 6.10. The highest BCUT2D eigenvalue weighted by Gasteiger charge is 2.39. The summed E-state index contributed by atoms with van der Waals surface area (Å²) in [5, 5.41) is 3.41. The lowest BCUT2D eigenvalue weighted by atomic mass is 9.80. The average molecular weight is 233 g/mol. The number of benzene rings is 1. The van der Waals surface area contributed by atoms with Crippen LogP contribution in [0, 0.1) is 6.92 Å². The van der Waals surface area contributed by atoms with Crippen LogP contribution >= 0.6 is 0 Å². The first-order valence-electron chi connectivity index (χ1n) is 6.27. The first kappa shape index (κ1) is 12.6. The lowest BCUT2D eigenvalue weighted by molar-refractivity contribution is -0.0750. The predicted molar refractivity (Wildman–Crippen MR) is 71.4 cm³/mol. The molecule has 0 atom stereocenters. The summed E-state index contributed by atoms with van der Waals surface area (Å²) in [7, 11) is 2.01. The van der Waals surface area contributed by atoms with Crippen LogP contribution < -0.4 is 5.32 Å². The molecule has 0 aliphatic carbocycles. The standard InChI is InChI=1S/C15H23NO/c1-11-8-12(14(2,3)4)6-7-13(11)15(16-5)9-17-10-15/h6-8,16H,9-10H2,1-5H3. The molecule has 2 heteroatoms. The summed E-state index contributed by atoms with van der Waals surface area (Å²) in [5.74, 6) is 0. The van der Waals surface area contributed by atoms with Crippen molar-refractivity contribution in [3.63, 3.8) is 0 Å². The van der Waals surface area contributed by atoms with Gasteiger partial charge in [0.25, 0.3) is 0 Å². The summed E-state index contributed by atoms with van der Waals surface area (Å²) in [6.45, 7) is 10.5. The number of rotatable bonds is 2. The van der Waals surface area contributed by atoms with E-state index in [9.17, 15) is 0 Å². The first-order chi connectivity index (χ1) is 7.89. The maximum Gasteiger partial charge on any atom is 0.0908 e. The molecule has 0 aromatic heterocycles. The zero-order chi connectivity index (χ0) is 12.7. The monoisotopic (exact) mass is 233 g/mol. The number of hydrogen-bond acceptors (Lipinski definition) is 2. The largest absolute Gasteiger partial charge is 0.377 e. The predicted octanol–water partition coefficient (Wildman–Crippen LogP) is 2.74. The third-order valence-corrected chi connectivity index (χ3v) is 3.78. The van der Waals surface area contributed by atoms with E-state index in [1.165, 1.54) is 16.7 Å². The lowest BCUT2D eigenvalue weighted by Gasteiger charge is -2.43. The Morgan fingerprint density at radius 2 is 1.88 bits per heavy atom. The SMILES string of the molecule is CNC1(c2ccc(C(C)(C)C)cc2C)COC1. The Hall–Kier alpha value is -0.860. The minimum atomic E-state index is 0.0422. The van der Waals surface area contributed by atoms with Gasteiger partial charge < -0.3 is 10.1 Å². The zero-order valence-electron chi connectivity index (χ0n) is 11.6. The van der Waals surface area contributed by atoms with E-state index < -0.39 is 0 Å². The summed E-state index contributed by atoms with van der Waals surface area (Å²) in [4.78, 5) is 0. The highest BCUT2D eigenvalue weighted by Crippen LogP contribution is 2.33. The van der Waals surface area contributed by atoms with E-state index in [2.05, 4.69) is 51.2 Å². The normalized spacial score (nSPS) is 18.9. The lowest BCUT2D eigenvalue weighted by Crippen LogP contribution is -2.56.